The maximum Gasteiger partial charge on any atom is 0.238 e. The van der Waals surface area contributed by atoms with E-state index in [1.807, 2.05) is 12.1 Å². The molecule has 5 heteroatoms. The molecule has 0 radical (unpaired) electrons. The van der Waals surface area contributed by atoms with E-state index in [2.05, 4.69) is 4.98 Å². The number of primary sulfonamides is 1. The van der Waals surface area contributed by atoms with Crippen LogP contribution in [-0.4, -0.2) is 13.4 Å². The summed E-state index contributed by atoms with van der Waals surface area (Å²) in [6.07, 6.45) is 3.37. The van der Waals surface area contributed by atoms with Gasteiger partial charge < -0.3 is 0 Å². The van der Waals surface area contributed by atoms with Gasteiger partial charge in [-0.3, -0.25) is 4.98 Å². The molecular weight excluding hydrogens is 224 g/mol. The fourth-order valence-corrected chi connectivity index (χ4v) is 1.90. The topological polar surface area (TPSA) is 73.1 Å². The van der Waals surface area contributed by atoms with Crippen LogP contribution in [0.3, 0.4) is 0 Å². The molecule has 1 heterocycles. The first-order valence-corrected chi connectivity index (χ1v) is 6.15. The van der Waals surface area contributed by atoms with E-state index in [9.17, 15) is 8.42 Å². The maximum absolute atomic E-state index is 11.0. The van der Waals surface area contributed by atoms with Crippen molar-refractivity contribution in [2.45, 2.75) is 4.90 Å². The van der Waals surface area contributed by atoms with Gasteiger partial charge in [0.1, 0.15) is 0 Å². The molecule has 0 aliphatic rings. The van der Waals surface area contributed by atoms with E-state index < -0.39 is 10.0 Å². The number of hydrogen-bond acceptors (Lipinski definition) is 3. The van der Waals surface area contributed by atoms with Gasteiger partial charge in [-0.25, -0.2) is 13.6 Å². The maximum atomic E-state index is 11.0. The molecule has 0 aliphatic heterocycles. The predicted octanol–water partition coefficient (Wildman–Crippen LogP) is 1.40. The fraction of sp³-hybridized carbons (Fsp3) is 0. The van der Waals surface area contributed by atoms with Crippen molar-refractivity contribution < 1.29 is 8.42 Å². The average molecular weight is 234 g/mol. The summed E-state index contributed by atoms with van der Waals surface area (Å²) in [5.41, 5.74) is 1.91. The van der Waals surface area contributed by atoms with Crippen molar-refractivity contribution in [3.8, 4) is 11.1 Å². The molecule has 4 nitrogen and oxygen atoms in total. The van der Waals surface area contributed by atoms with Crippen LogP contribution < -0.4 is 5.14 Å². The van der Waals surface area contributed by atoms with Gasteiger partial charge in [-0.2, -0.15) is 0 Å². The van der Waals surface area contributed by atoms with E-state index >= 15 is 0 Å². The number of nitrogens with zero attached hydrogens (tertiary/aromatic N) is 1. The minimum Gasteiger partial charge on any atom is -0.265 e. The first-order chi connectivity index (χ1) is 7.57. The molecule has 0 atom stereocenters. The summed E-state index contributed by atoms with van der Waals surface area (Å²) in [6, 6.07) is 10.1. The molecule has 0 fully saturated rings. The summed E-state index contributed by atoms with van der Waals surface area (Å²) in [5, 5.41) is 5.01. The molecule has 2 N–H and O–H groups in total. The Labute approximate surface area is 93.8 Å². The smallest absolute Gasteiger partial charge is 0.238 e. The van der Waals surface area contributed by atoms with Crippen LogP contribution in [0.2, 0.25) is 0 Å². The van der Waals surface area contributed by atoms with E-state index in [-0.39, 0.29) is 4.90 Å². The zero-order valence-corrected chi connectivity index (χ0v) is 9.18. The Bertz CT molecular complexity index is 577. The van der Waals surface area contributed by atoms with Crippen molar-refractivity contribution >= 4 is 10.0 Å². The van der Waals surface area contributed by atoms with Crippen LogP contribution in [-0.2, 0) is 10.0 Å². The normalized spacial score (nSPS) is 11.3. The molecule has 0 amide bonds. The van der Waals surface area contributed by atoms with E-state index in [1.54, 1.807) is 24.5 Å². The molecule has 1 aromatic heterocycles. The van der Waals surface area contributed by atoms with Crippen LogP contribution in [0.5, 0.6) is 0 Å². The van der Waals surface area contributed by atoms with Crippen molar-refractivity contribution in [2.24, 2.45) is 5.14 Å². The molecule has 0 spiro atoms. The third-order valence-corrected chi connectivity index (χ3v) is 3.13. The lowest BCUT2D eigenvalue weighted by atomic mass is 10.1. The van der Waals surface area contributed by atoms with Gasteiger partial charge in [-0.05, 0) is 35.4 Å². The SMILES string of the molecule is NS(=O)(=O)c1ccc(-c2ccncc2)cc1. The zero-order chi connectivity index (χ0) is 11.6. The first kappa shape index (κ1) is 10.8. The Morgan fingerprint density at radius 3 is 1.88 bits per heavy atom. The number of benzene rings is 1. The summed E-state index contributed by atoms with van der Waals surface area (Å²) in [5.74, 6) is 0. The lowest BCUT2D eigenvalue weighted by Crippen LogP contribution is -2.11. The van der Waals surface area contributed by atoms with Gasteiger partial charge in [0.15, 0.2) is 0 Å². The number of hydrogen-bond donors (Lipinski definition) is 1. The average Bonchev–Trinajstić information content (AvgIpc) is 2.29. The van der Waals surface area contributed by atoms with Gasteiger partial charge in [0.05, 0.1) is 4.90 Å². The largest absolute Gasteiger partial charge is 0.265 e. The molecular formula is C11H10N2O2S. The molecule has 0 saturated carbocycles. The Kier molecular flexibility index (Phi) is 2.72. The molecule has 0 unspecified atom stereocenters. The Morgan fingerprint density at radius 2 is 1.38 bits per heavy atom. The number of nitrogens with two attached hydrogens (primary N) is 1. The fourth-order valence-electron chi connectivity index (χ4n) is 1.38. The van der Waals surface area contributed by atoms with Crippen molar-refractivity contribution in [3.05, 3.63) is 48.8 Å². The molecule has 0 bridgehead atoms. The number of pyridine rings is 1. The lowest BCUT2D eigenvalue weighted by molar-refractivity contribution is 0.598. The second-order valence-corrected chi connectivity index (χ2v) is 4.87. The van der Waals surface area contributed by atoms with Crippen molar-refractivity contribution in [1.29, 1.82) is 0 Å². The summed E-state index contributed by atoms with van der Waals surface area (Å²) in [6.45, 7) is 0. The lowest BCUT2D eigenvalue weighted by Gasteiger charge is -2.02. The highest BCUT2D eigenvalue weighted by Crippen LogP contribution is 2.19. The van der Waals surface area contributed by atoms with Gasteiger partial charge in [0, 0.05) is 12.4 Å². The van der Waals surface area contributed by atoms with Crippen LogP contribution in [0.15, 0.2) is 53.7 Å². The van der Waals surface area contributed by atoms with Crippen molar-refractivity contribution in [1.82, 2.24) is 4.98 Å². The highest BCUT2D eigenvalue weighted by atomic mass is 32.2. The van der Waals surface area contributed by atoms with Gasteiger partial charge >= 0.3 is 0 Å². The Morgan fingerprint density at radius 1 is 0.875 bits per heavy atom. The van der Waals surface area contributed by atoms with E-state index in [0.29, 0.717) is 0 Å². The van der Waals surface area contributed by atoms with Crippen molar-refractivity contribution in [3.63, 3.8) is 0 Å². The Balaban J connectivity index is 2.41. The van der Waals surface area contributed by atoms with Crippen LogP contribution >= 0.6 is 0 Å². The van der Waals surface area contributed by atoms with E-state index in [4.69, 9.17) is 5.14 Å². The van der Waals surface area contributed by atoms with E-state index in [1.165, 1.54) is 12.1 Å². The second kappa shape index (κ2) is 4.03. The highest BCUT2D eigenvalue weighted by molar-refractivity contribution is 7.89. The summed E-state index contributed by atoms with van der Waals surface area (Å²) in [7, 11) is -3.61. The minimum atomic E-state index is -3.61. The van der Waals surface area contributed by atoms with Crippen molar-refractivity contribution in [2.75, 3.05) is 0 Å². The quantitative estimate of drug-likeness (QED) is 0.853. The summed E-state index contributed by atoms with van der Waals surface area (Å²) in [4.78, 5) is 4.03. The minimum absolute atomic E-state index is 0.116. The summed E-state index contributed by atoms with van der Waals surface area (Å²) < 4.78 is 22.1. The Hall–Kier alpha value is -1.72. The molecule has 0 aliphatic carbocycles. The molecule has 2 aromatic rings. The third-order valence-electron chi connectivity index (χ3n) is 2.20. The van der Waals surface area contributed by atoms with Crippen LogP contribution in [0.25, 0.3) is 11.1 Å². The van der Waals surface area contributed by atoms with Gasteiger partial charge in [0.25, 0.3) is 0 Å². The van der Waals surface area contributed by atoms with Crippen LogP contribution in [0.1, 0.15) is 0 Å². The van der Waals surface area contributed by atoms with Crippen LogP contribution in [0, 0.1) is 0 Å². The van der Waals surface area contributed by atoms with Gasteiger partial charge in [0.2, 0.25) is 10.0 Å². The monoisotopic (exact) mass is 234 g/mol. The summed E-state index contributed by atoms with van der Waals surface area (Å²) >= 11 is 0. The number of sulfonamides is 1. The first-order valence-electron chi connectivity index (χ1n) is 4.60. The number of aromatic nitrogens is 1. The molecule has 2 rings (SSSR count). The molecule has 16 heavy (non-hydrogen) atoms. The third kappa shape index (κ3) is 2.26. The molecule has 82 valence electrons. The molecule has 0 saturated heterocycles. The van der Waals surface area contributed by atoms with Crippen LogP contribution in [0.4, 0.5) is 0 Å². The van der Waals surface area contributed by atoms with Gasteiger partial charge in [-0.1, -0.05) is 12.1 Å². The predicted molar refractivity (Wildman–Crippen MR) is 61.0 cm³/mol. The number of rotatable bonds is 2. The highest BCUT2D eigenvalue weighted by Gasteiger charge is 2.06. The van der Waals surface area contributed by atoms with E-state index in [0.717, 1.165) is 11.1 Å². The zero-order valence-electron chi connectivity index (χ0n) is 8.37. The standard InChI is InChI=1S/C11H10N2O2S/c12-16(14,15)11-3-1-9(2-4-11)10-5-7-13-8-6-10/h1-8H,(H2,12,14,15). The second-order valence-electron chi connectivity index (χ2n) is 3.31. The molecule has 1 aromatic carbocycles. The van der Waals surface area contributed by atoms with Gasteiger partial charge in [-0.15, -0.1) is 0 Å².